The molecule has 2 fully saturated rings. The molecule has 0 radical (unpaired) electrons. The van der Waals surface area contributed by atoms with Gasteiger partial charge in [0.1, 0.15) is 0 Å². The van der Waals surface area contributed by atoms with Crippen LogP contribution in [0.1, 0.15) is 25.3 Å². The van der Waals surface area contributed by atoms with Crippen LogP contribution in [0, 0.1) is 5.41 Å². The van der Waals surface area contributed by atoms with Gasteiger partial charge in [0.2, 0.25) is 5.95 Å². The smallest absolute Gasteiger partial charge is 0.376 e. The SMILES string of the molecule is C[C@@H]1OCC2(CCN(c3ncc(Sc4ccncc4C(F)(F)F)c4nccn34)CC2)[C@@H]1N. The van der Waals surface area contributed by atoms with Crippen LogP contribution in [-0.2, 0) is 10.9 Å². The predicted molar refractivity (Wildman–Crippen MR) is 114 cm³/mol. The highest BCUT2D eigenvalue weighted by Gasteiger charge is 2.47. The molecule has 0 unspecified atom stereocenters. The Balaban J connectivity index is 1.41. The molecule has 0 aromatic carbocycles. The molecule has 1 spiro atoms. The van der Waals surface area contributed by atoms with Gasteiger partial charge in [0.15, 0.2) is 5.65 Å². The molecule has 7 nitrogen and oxygen atoms in total. The fourth-order valence-electron chi connectivity index (χ4n) is 4.62. The Bertz CT molecular complexity index is 1130. The molecule has 2 saturated heterocycles. The van der Waals surface area contributed by atoms with Crippen molar-refractivity contribution in [3.05, 3.63) is 42.6 Å². The van der Waals surface area contributed by atoms with E-state index >= 15 is 0 Å². The standard InChI is InChI=1S/C21H23F3N6OS/c1-13-17(25)20(12-31-13)3-7-29(8-4-20)19-28-11-16(18-27-6-9-30(18)19)32-15-2-5-26-10-14(15)21(22,23)24/h2,5-6,9-11,13,17H,3-4,7-8,12,25H2,1H3/t13-,17+/m0/s1. The summed E-state index contributed by atoms with van der Waals surface area (Å²) < 4.78 is 47.8. The van der Waals surface area contributed by atoms with Gasteiger partial charge in [-0.25, -0.2) is 9.97 Å². The number of imidazole rings is 1. The van der Waals surface area contributed by atoms with Gasteiger partial charge in [-0.3, -0.25) is 9.38 Å². The van der Waals surface area contributed by atoms with E-state index in [2.05, 4.69) is 19.9 Å². The van der Waals surface area contributed by atoms with Gasteiger partial charge in [0.05, 0.1) is 23.2 Å². The Morgan fingerprint density at radius 3 is 2.62 bits per heavy atom. The van der Waals surface area contributed by atoms with E-state index < -0.39 is 11.7 Å². The Kier molecular flexibility index (Phi) is 5.30. The molecular weight excluding hydrogens is 441 g/mol. The summed E-state index contributed by atoms with van der Waals surface area (Å²) in [5.41, 5.74) is 6.21. The maximum Gasteiger partial charge on any atom is 0.418 e. The van der Waals surface area contributed by atoms with Crippen LogP contribution in [-0.4, -0.2) is 51.2 Å². The number of ether oxygens (including phenoxy) is 1. The Hall–Kier alpha value is -2.37. The molecule has 2 atom stereocenters. The van der Waals surface area contributed by atoms with E-state index in [4.69, 9.17) is 10.5 Å². The van der Waals surface area contributed by atoms with Crippen molar-refractivity contribution < 1.29 is 17.9 Å². The molecule has 5 heterocycles. The van der Waals surface area contributed by atoms with Crippen molar-refractivity contribution in [1.29, 1.82) is 0 Å². The Morgan fingerprint density at radius 1 is 1.16 bits per heavy atom. The minimum Gasteiger partial charge on any atom is -0.376 e. The van der Waals surface area contributed by atoms with Crippen LogP contribution in [0.5, 0.6) is 0 Å². The van der Waals surface area contributed by atoms with Crippen LogP contribution in [0.15, 0.2) is 46.8 Å². The van der Waals surface area contributed by atoms with Crippen molar-refractivity contribution in [2.45, 2.75) is 47.9 Å². The first-order valence-electron chi connectivity index (χ1n) is 10.4. The van der Waals surface area contributed by atoms with Gasteiger partial charge < -0.3 is 15.4 Å². The number of fused-ring (bicyclic) bond motifs is 1. The fourth-order valence-corrected chi connectivity index (χ4v) is 5.61. The lowest BCUT2D eigenvalue weighted by molar-refractivity contribution is -0.140. The van der Waals surface area contributed by atoms with Crippen LogP contribution in [0.25, 0.3) is 5.65 Å². The van der Waals surface area contributed by atoms with Gasteiger partial charge >= 0.3 is 6.18 Å². The molecule has 3 aromatic heterocycles. The van der Waals surface area contributed by atoms with Crippen LogP contribution >= 0.6 is 11.8 Å². The lowest BCUT2D eigenvalue weighted by Gasteiger charge is -2.41. The number of hydrogen-bond donors (Lipinski definition) is 1. The summed E-state index contributed by atoms with van der Waals surface area (Å²) in [6, 6.07) is 1.38. The lowest BCUT2D eigenvalue weighted by atomic mass is 9.73. The molecule has 0 saturated carbocycles. The Morgan fingerprint density at radius 2 is 1.94 bits per heavy atom. The molecule has 3 aromatic rings. The maximum absolute atomic E-state index is 13.4. The molecule has 170 valence electrons. The minimum atomic E-state index is -4.48. The average Bonchev–Trinajstić information content (AvgIpc) is 3.37. The van der Waals surface area contributed by atoms with E-state index in [-0.39, 0.29) is 22.5 Å². The van der Waals surface area contributed by atoms with Crippen molar-refractivity contribution >= 4 is 23.4 Å². The molecular formula is C21H23F3N6OS. The summed E-state index contributed by atoms with van der Waals surface area (Å²) in [6.07, 6.45) is 4.59. The molecule has 0 amide bonds. The highest BCUT2D eigenvalue weighted by Crippen LogP contribution is 2.43. The number of rotatable bonds is 3. The van der Waals surface area contributed by atoms with Crippen molar-refractivity contribution in [1.82, 2.24) is 19.4 Å². The monoisotopic (exact) mass is 464 g/mol. The van der Waals surface area contributed by atoms with E-state index in [9.17, 15) is 13.2 Å². The molecule has 2 N–H and O–H groups in total. The quantitative estimate of drug-likeness (QED) is 0.634. The second-order valence-electron chi connectivity index (χ2n) is 8.41. The lowest BCUT2D eigenvalue weighted by Crippen LogP contribution is -2.51. The minimum absolute atomic E-state index is 0.00486. The first-order valence-corrected chi connectivity index (χ1v) is 11.2. The summed E-state index contributed by atoms with van der Waals surface area (Å²) in [6.45, 7) is 4.25. The van der Waals surface area contributed by atoms with E-state index in [0.717, 1.165) is 49.8 Å². The number of aromatic nitrogens is 4. The Labute approximate surface area is 187 Å². The van der Waals surface area contributed by atoms with Crippen LogP contribution in [0.4, 0.5) is 19.1 Å². The number of hydrogen-bond acceptors (Lipinski definition) is 7. The average molecular weight is 465 g/mol. The van der Waals surface area contributed by atoms with E-state index in [1.54, 1.807) is 18.6 Å². The zero-order valence-corrected chi connectivity index (χ0v) is 18.2. The summed E-state index contributed by atoms with van der Waals surface area (Å²) >= 11 is 0.989. The van der Waals surface area contributed by atoms with Crippen molar-refractivity contribution in [3.8, 4) is 0 Å². The second kappa shape index (κ2) is 7.89. The van der Waals surface area contributed by atoms with Crippen molar-refractivity contribution in [3.63, 3.8) is 0 Å². The van der Waals surface area contributed by atoms with Gasteiger partial charge in [-0.15, -0.1) is 0 Å². The number of halogens is 3. The highest BCUT2D eigenvalue weighted by atomic mass is 32.2. The summed E-state index contributed by atoms with van der Waals surface area (Å²) in [7, 11) is 0. The second-order valence-corrected chi connectivity index (χ2v) is 9.49. The van der Waals surface area contributed by atoms with Gasteiger partial charge in [0.25, 0.3) is 0 Å². The number of anilines is 1. The molecule has 2 aliphatic heterocycles. The molecule has 0 bridgehead atoms. The molecule has 2 aliphatic rings. The maximum atomic E-state index is 13.4. The molecule has 32 heavy (non-hydrogen) atoms. The summed E-state index contributed by atoms with van der Waals surface area (Å²) in [4.78, 5) is 15.4. The van der Waals surface area contributed by atoms with Crippen LogP contribution in [0.3, 0.4) is 0 Å². The van der Waals surface area contributed by atoms with Crippen molar-refractivity contribution in [2.75, 3.05) is 24.6 Å². The van der Waals surface area contributed by atoms with Crippen LogP contribution < -0.4 is 10.6 Å². The van der Waals surface area contributed by atoms with E-state index in [1.807, 2.05) is 11.3 Å². The first kappa shape index (κ1) is 21.5. The number of nitrogens with zero attached hydrogens (tertiary/aromatic N) is 5. The van der Waals surface area contributed by atoms with Crippen molar-refractivity contribution in [2.24, 2.45) is 11.1 Å². The third-order valence-corrected chi connectivity index (χ3v) is 7.65. The van der Waals surface area contributed by atoms with E-state index in [1.165, 1.54) is 12.3 Å². The number of pyridine rings is 1. The zero-order valence-electron chi connectivity index (χ0n) is 17.4. The number of piperidine rings is 1. The summed E-state index contributed by atoms with van der Waals surface area (Å²) in [5.74, 6) is 0.725. The largest absolute Gasteiger partial charge is 0.418 e. The third kappa shape index (κ3) is 3.61. The van der Waals surface area contributed by atoms with Gasteiger partial charge in [-0.1, -0.05) is 11.8 Å². The van der Waals surface area contributed by atoms with E-state index in [0.29, 0.717) is 17.1 Å². The van der Waals surface area contributed by atoms with Gasteiger partial charge in [-0.05, 0) is 25.8 Å². The zero-order chi connectivity index (χ0) is 22.5. The predicted octanol–water partition coefficient (Wildman–Crippen LogP) is 3.63. The third-order valence-electron chi connectivity index (χ3n) is 6.57. The molecule has 0 aliphatic carbocycles. The van der Waals surface area contributed by atoms with Gasteiger partial charge in [-0.2, -0.15) is 13.2 Å². The first-order chi connectivity index (χ1) is 15.3. The van der Waals surface area contributed by atoms with Crippen LogP contribution in [0.2, 0.25) is 0 Å². The number of nitrogens with two attached hydrogens (primary N) is 1. The topological polar surface area (TPSA) is 81.6 Å². The normalized spacial score (nSPS) is 23.3. The fraction of sp³-hybridized carbons (Fsp3) is 0.476. The van der Waals surface area contributed by atoms with Gasteiger partial charge in [0, 0.05) is 60.4 Å². The number of alkyl halides is 3. The molecule has 11 heteroatoms. The highest BCUT2D eigenvalue weighted by molar-refractivity contribution is 7.99. The molecule has 5 rings (SSSR count). The summed E-state index contributed by atoms with van der Waals surface area (Å²) in [5, 5.41) is 0.